The van der Waals surface area contributed by atoms with Crippen molar-refractivity contribution >= 4 is 21.8 Å². The molecule has 0 aromatic heterocycles. The fourth-order valence-corrected chi connectivity index (χ4v) is 3.35. The van der Waals surface area contributed by atoms with Crippen molar-refractivity contribution < 1.29 is 4.79 Å². The van der Waals surface area contributed by atoms with Gasteiger partial charge < -0.3 is 10.6 Å². The summed E-state index contributed by atoms with van der Waals surface area (Å²) in [6.45, 7) is 4.81. The van der Waals surface area contributed by atoms with Crippen LogP contribution >= 0.6 is 15.9 Å². The molecule has 1 aliphatic rings. The fraction of sp³-hybridized carbons (Fsp3) is 0.562. The summed E-state index contributed by atoms with van der Waals surface area (Å²) < 4.78 is 0.874. The summed E-state index contributed by atoms with van der Waals surface area (Å²) in [6.07, 6.45) is 4.07. The zero-order chi connectivity index (χ0) is 14.7. The molecule has 1 aliphatic carbocycles. The first-order valence-corrected chi connectivity index (χ1v) is 8.15. The van der Waals surface area contributed by atoms with Gasteiger partial charge in [-0.15, -0.1) is 0 Å². The van der Waals surface area contributed by atoms with E-state index < -0.39 is 0 Å². The van der Waals surface area contributed by atoms with Gasteiger partial charge in [-0.1, -0.05) is 11.6 Å². The molecule has 0 spiro atoms. The Kier molecular flexibility index (Phi) is 5.22. The van der Waals surface area contributed by atoms with Gasteiger partial charge in [0, 0.05) is 23.1 Å². The molecule has 0 radical (unpaired) electrons. The Morgan fingerprint density at radius 3 is 2.60 bits per heavy atom. The van der Waals surface area contributed by atoms with Crippen molar-refractivity contribution in [3.8, 4) is 0 Å². The summed E-state index contributed by atoms with van der Waals surface area (Å²) in [4.78, 5) is 14.8. The molecule has 3 nitrogen and oxygen atoms in total. The van der Waals surface area contributed by atoms with Crippen molar-refractivity contribution in [2.75, 3.05) is 6.54 Å². The highest BCUT2D eigenvalue weighted by Gasteiger charge is 2.28. The van der Waals surface area contributed by atoms with Crippen molar-refractivity contribution in [1.82, 2.24) is 4.90 Å². The number of aryl methyl sites for hydroxylation is 1. The highest BCUT2D eigenvalue weighted by atomic mass is 79.9. The molecule has 20 heavy (non-hydrogen) atoms. The van der Waals surface area contributed by atoms with Crippen LogP contribution in [0, 0.1) is 6.92 Å². The first-order valence-electron chi connectivity index (χ1n) is 7.35. The normalized spacial score (nSPS) is 22.6. The van der Waals surface area contributed by atoms with Crippen LogP contribution in [0.1, 0.15) is 48.5 Å². The van der Waals surface area contributed by atoms with E-state index >= 15 is 0 Å². The zero-order valence-corrected chi connectivity index (χ0v) is 13.8. The second-order valence-electron chi connectivity index (χ2n) is 5.64. The fourth-order valence-electron chi connectivity index (χ4n) is 2.94. The van der Waals surface area contributed by atoms with Crippen molar-refractivity contribution in [1.29, 1.82) is 0 Å². The smallest absolute Gasteiger partial charge is 0.255 e. The molecule has 0 aliphatic heterocycles. The van der Waals surface area contributed by atoms with Crippen LogP contribution in [0.3, 0.4) is 0 Å². The van der Waals surface area contributed by atoms with E-state index in [1.807, 2.05) is 30.0 Å². The maximum atomic E-state index is 12.8. The van der Waals surface area contributed by atoms with Gasteiger partial charge >= 0.3 is 0 Å². The predicted octanol–water partition coefficient (Wildman–Crippen LogP) is 3.49. The van der Waals surface area contributed by atoms with E-state index in [0.717, 1.165) is 47.8 Å². The first-order chi connectivity index (χ1) is 9.52. The number of hydrogen-bond acceptors (Lipinski definition) is 2. The Morgan fingerprint density at radius 1 is 1.35 bits per heavy atom. The third-order valence-corrected chi connectivity index (χ3v) is 4.83. The lowest BCUT2D eigenvalue weighted by molar-refractivity contribution is 0.0639. The Hall–Kier alpha value is -0.870. The van der Waals surface area contributed by atoms with Gasteiger partial charge in [0.15, 0.2) is 0 Å². The maximum absolute atomic E-state index is 12.8. The molecule has 110 valence electrons. The van der Waals surface area contributed by atoms with Crippen LogP contribution in [0.2, 0.25) is 0 Å². The van der Waals surface area contributed by atoms with Gasteiger partial charge in [-0.05, 0) is 67.6 Å². The van der Waals surface area contributed by atoms with Gasteiger partial charge in [0.1, 0.15) is 0 Å². The number of carbonyl (C=O) groups is 1. The standard InChI is InChI=1S/C16H23BrN2O/c1-3-19(13-7-5-12(18)6-8-13)16(20)14-10-11(2)4-9-15(14)17/h4,9-10,12-13H,3,5-8,18H2,1-2H3. The topological polar surface area (TPSA) is 46.3 Å². The third kappa shape index (κ3) is 3.41. The lowest BCUT2D eigenvalue weighted by Gasteiger charge is -2.35. The largest absolute Gasteiger partial charge is 0.336 e. The van der Waals surface area contributed by atoms with Crippen LogP contribution in [-0.2, 0) is 0 Å². The van der Waals surface area contributed by atoms with Crippen molar-refractivity contribution in [2.45, 2.75) is 51.6 Å². The quantitative estimate of drug-likeness (QED) is 0.916. The number of carbonyl (C=O) groups excluding carboxylic acids is 1. The zero-order valence-electron chi connectivity index (χ0n) is 12.2. The second kappa shape index (κ2) is 6.72. The van der Waals surface area contributed by atoms with Gasteiger partial charge in [-0.3, -0.25) is 4.79 Å². The van der Waals surface area contributed by atoms with E-state index in [4.69, 9.17) is 5.73 Å². The molecule has 1 aromatic rings. The number of hydrogen-bond donors (Lipinski definition) is 1. The Bertz CT molecular complexity index is 481. The van der Waals surface area contributed by atoms with Crippen LogP contribution in [-0.4, -0.2) is 29.4 Å². The molecule has 1 aromatic carbocycles. The minimum absolute atomic E-state index is 0.128. The molecular formula is C16H23BrN2O. The van der Waals surface area contributed by atoms with Crippen LogP contribution in [0.15, 0.2) is 22.7 Å². The van der Waals surface area contributed by atoms with Crippen LogP contribution in [0.25, 0.3) is 0 Å². The van der Waals surface area contributed by atoms with E-state index in [2.05, 4.69) is 22.9 Å². The monoisotopic (exact) mass is 338 g/mol. The highest BCUT2D eigenvalue weighted by molar-refractivity contribution is 9.10. The molecule has 1 fully saturated rings. The third-order valence-electron chi connectivity index (χ3n) is 4.14. The van der Waals surface area contributed by atoms with Gasteiger partial charge in [-0.25, -0.2) is 0 Å². The molecule has 4 heteroatoms. The minimum Gasteiger partial charge on any atom is -0.336 e. The molecule has 0 saturated heterocycles. The van der Waals surface area contributed by atoms with Gasteiger partial charge in [-0.2, -0.15) is 0 Å². The number of halogens is 1. The Labute approximate surface area is 129 Å². The molecule has 2 N–H and O–H groups in total. The maximum Gasteiger partial charge on any atom is 0.255 e. The lowest BCUT2D eigenvalue weighted by atomic mass is 9.90. The van der Waals surface area contributed by atoms with Crippen LogP contribution in [0.4, 0.5) is 0 Å². The summed E-state index contributed by atoms with van der Waals surface area (Å²) in [5.74, 6) is 0.128. The minimum atomic E-state index is 0.128. The second-order valence-corrected chi connectivity index (χ2v) is 6.50. The van der Waals surface area contributed by atoms with E-state index in [0.29, 0.717) is 12.1 Å². The van der Waals surface area contributed by atoms with Gasteiger partial charge in [0.05, 0.1) is 5.56 Å². The molecule has 1 amide bonds. The summed E-state index contributed by atoms with van der Waals surface area (Å²) >= 11 is 3.49. The Morgan fingerprint density at radius 2 is 2.00 bits per heavy atom. The summed E-state index contributed by atoms with van der Waals surface area (Å²) in [6, 6.07) is 6.57. The Balaban J connectivity index is 2.18. The van der Waals surface area contributed by atoms with Crippen LogP contribution in [0.5, 0.6) is 0 Å². The lowest BCUT2D eigenvalue weighted by Crippen LogP contribution is -2.44. The van der Waals surface area contributed by atoms with Gasteiger partial charge in [0.25, 0.3) is 5.91 Å². The average molecular weight is 339 g/mol. The number of nitrogens with zero attached hydrogens (tertiary/aromatic N) is 1. The predicted molar refractivity (Wildman–Crippen MR) is 85.8 cm³/mol. The van der Waals surface area contributed by atoms with Crippen molar-refractivity contribution in [3.63, 3.8) is 0 Å². The number of amides is 1. The molecule has 0 unspecified atom stereocenters. The van der Waals surface area contributed by atoms with E-state index in [1.165, 1.54) is 0 Å². The molecular weight excluding hydrogens is 316 g/mol. The van der Waals surface area contributed by atoms with E-state index in [-0.39, 0.29) is 5.91 Å². The molecule has 0 bridgehead atoms. The summed E-state index contributed by atoms with van der Waals surface area (Å²) in [7, 11) is 0. The van der Waals surface area contributed by atoms with E-state index in [9.17, 15) is 4.79 Å². The SMILES string of the molecule is CCN(C(=O)c1cc(C)ccc1Br)C1CCC(N)CC1. The summed E-state index contributed by atoms with van der Waals surface area (Å²) in [5, 5.41) is 0. The molecule has 0 atom stereocenters. The molecule has 2 rings (SSSR count). The molecule has 1 saturated carbocycles. The van der Waals surface area contributed by atoms with Crippen molar-refractivity contribution in [2.24, 2.45) is 5.73 Å². The van der Waals surface area contributed by atoms with Crippen molar-refractivity contribution in [3.05, 3.63) is 33.8 Å². The van der Waals surface area contributed by atoms with Gasteiger partial charge in [0.2, 0.25) is 0 Å². The van der Waals surface area contributed by atoms with E-state index in [1.54, 1.807) is 0 Å². The number of nitrogens with two attached hydrogens (primary N) is 1. The summed E-state index contributed by atoms with van der Waals surface area (Å²) in [5.41, 5.74) is 7.83. The number of benzene rings is 1. The molecule has 0 heterocycles. The highest BCUT2D eigenvalue weighted by Crippen LogP contribution is 2.26. The first kappa shape index (κ1) is 15.5. The van der Waals surface area contributed by atoms with Crippen LogP contribution < -0.4 is 5.73 Å². The number of rotatable bonds is 3. The average Bonchev–Trinajstić information content (AvgIpc) is 2.44.